The summed E-state index contributed by atoms with van der Waals surface area (Å²) in [5.74, 6) is 0.699. The number of anilines is 1. The van der Waals surface area contributed by atoms with Crippen molar-refractivity contribution in [3.63, 3.8) is 0 Å². The summed E-state index contributed by atoms with van der Waals surface area (Å²) in [6.07, 6.45) is 7.79. The number of nitrogens with one attached hydrogen (secondary N) is 2. The van der Waals surface area contributed by atoms with E-state index in [-0.39, 0.29) is 11.9 Å². The Balaban J connectivity index is 1.90. The topological polar surface area (TPSA) is 92.2 Å². The minimum atomic E-state index is -0.141. The minimum Gasteiger partial charge on any atom is -0.357 e. The van der Waals surface area contributed by atoms with E-state index in [4.69, 9.17) is 4.98 Å². The van der Waals surface area contributed by atoms with Crippen molar-refractivity contribution in [3.05, 3.63) is 40.7 Å². The summed E-state index contributed by atoms with van der Waals surface area (Å²) in [5, 5.41) is 10.9. The minimum absolute atomic E-state index is 0.141. The Hall–Kier alpha value is -3.16. The number of hydrogen-bond acceptors (Lipinski definition) is 5. The Morgan fingerprint density at radius 2 is 1.91 bits per heavy atom. The molecule has 0 unspecified atom stereocenters. The van der Waals surface area contributed by atoms with Gasteiger partial charge in [0.15, 0.2) is 5.65 Å². The molecule has 0 radical (unpaired) electrons. The van der Waals surface area contributed by atoms with Gasteiger partial charge in [-0.3, -0.25) is 9.59 Å². The molecule has 0 atom stereocenters. The summed E-state index contributed by atoms with van der Waals surface area (Å²) in [6.45, 7) is 12.2. The highest BCUT2D eigenvalue weighted by Gasteiger charge is 2.21. The second-order valence-electron chi connectivity index (χ2n) is 8.73. The molecule has 1 fully saturated rings. The van der Waals surface area contributed by atoms with Crippen LogP contribution in [0.2, 0.25) is 0 Å². The average Bonchev–Trinajstić information content (AvgIpc) is 3.21. The third kappa shape index (κ3) is 5.36. The van der Waals surface area contributed by atoms with Crippen LogP contribution >= 0.6 is 0 Å². The quantitative estimate of drug-likeness (QED) is 0.484. The van der Waals surface area contributed by atoms with Crippen molar-refractivity contribution in [1.29, 1.82) is 0 Å². The highest BCUT2D eigenvalue weighted by molar-refractivity contribution is 6.06. The Morgan fingerprint density at radius 1 is 1.19 bits per heavy atom. The van der Waals surface area contributed by atoms with Crippen molar-refractivity contribution in [2.45, 2.75) is 59.9 Å². The van der Waals surface area contributed by atoms with Gasteiger partial charge in [0, 0.05) is 31.4 Å². The predicted molar refractivity (Wildman–Crippen MR) is 128 cm³/mol. The Labute approximate surface area is 189 Å². The van der Waals surface area contributed by atoms with Crippen molar-refractivity contribution in [3.8, 4) is 0 Å². The van der Waals surface area contributed by atoms with Gasteiger partial charge in [0.2, 0.25) is 6.41 Å². The van der Waals surface area contributed by atoms with E-state index in [0.29, 0.717) is 18.5 Å². The molecule has 2 amide bonds. The molecule has 3 rings (SSSR count). The second kappa shape index (κ2) is 10.4. The molecule has 8 nitrogen and oxygen atoms in total. The van der Waals surface area contributed by atoms with Crippen molar-refractivity contribution < 1.29 is 9.59 Å². The first-order valence-corrected chi connectivity index (χ1v) is 11.3. The number of rotatable bonds is 8. The predicted octanol–water partition coefficient (Wildman–Crippen LogP) is 3.72. The number of pyridine rings is 1. The average molecular weight is 439 g/mol. The molecule has 0 bridgehead atoms. The van der Waals surface area contributed by atoms with Crippen molar-refractivity contribution in [2.75, 3.05) is 24.5 Å². The maximum Gasteiger partial charge on any atom is 0.252 e. The van der Waals surface area contributed by atoms with Gasteiger partial charge in [-0.1, -0.05) is 5.57 Å². The van der Waals surface area contributed by atoms with E-state index >= 15 is 0 Å². The number of fused-ring (bicyclic) bond motifs is 1. The monoisotopic (exact) mass is 438 g/mol. The molecule has 32 heavy (non-hydrogen) atoms. The lowest BCUT2D eigenvalue weighted by molar-refractivity contribution is -0.108. The SMILES string of the molecule is C/C(=C/C(C)=C(\C)CNC(=O)c1cc(N2CCCCC2)nc2c1cnn2C(C)C)NC=O. The number of amides is 2. The Morgan fingerprint density at radius 3 is 2.56 bits per heavy atom. The number of hydrogen-bond donors (Lipinski definition) is 2. The second-order valence-corrected chi connectivity index (χ2v) is 8.73. The van der Waals surface area contributed by atoms with E-state index in [1.165, 1.54) is 6.42 Å². The standard InChI is InChI=1S/C24H34N6O2/c1-16(2)30-23-21(14-27-30)20(12-22(28-23)29-9-7-6-8-10-29)24(32)25-13-18(4)17(3)11-19(5)26-15-31/h11-12,14-16H,6-10,13H2,1-5H3,(H,25,32)(H,26,31)/b18-17+,19-11-. The number of nitrogens with zero attached hydrogens (tertiary/aromatic N) is 4. The van der Waals surface area contributed by atoms with E-state index in [1.54, 1.807) is 6.20 Å². The van der Waals surface area contributed by atoms with Gasteiger partial charge in [-0.05, 0) is 71.6 Å². The van der Waals surface area contributed by atoms with Crippen molar-refractivity contribution in [1.82, 2.24) is 25.4 Å². The molecule has 172 valence electrons. The summed E-state index contributed by atoms with van der Waals surface area (Å²) in [7, 11) is 0. The van der Waals surface area contributed by atoms with Crippen LogP contribution in [0.3, 0.4) is 0 Å². The van der Waals surface area contributed by atoms with Gasteiger partial charge in [-0.2, -0.15) is 5.10 Å². The molecule has 1 aliphatic rings. The molecule has 0 aromatic carbocycles. The lowest BCUT2D eigenvalue weighted by Crippen LogP contribution is -2.31. The molecule has 0 aliphatic carbocycles. The van der Waals surface area contributed by atoms with Crippen molar-refractivity contribution >= 4 is 29.2 Å². The van der Waals surface area contributed by atoms with Gasteiger partial charge in [0.05, 0.1) is 17.1 Å². The number of carbonyl (C=O) groups excluding carboxylic acids is 2. The normalized spacial score (nSPS) is 15.7. The van der Waals surface area contributed by atoms with Gasteiger partial charge in [-0.15, -0.1) is 0 Å². The van der Waals surface area contributed by atoms with Gasteiger partial charge in [-0.25, -0.2) is 9.67 Å². The van der Waals surface area contributed by atoms with Crippen LogP contribution in [0, 0.1) is 0 Å². The highest BCUT2D eigenvalue weighted by Crippen LogP contribution is 2.26. The van der Waals surface area contributed by atoms with Crippen molar-refractivity contribution in [2.24, 2.45) is 0 Å². The van der Waals surface area contributed by atoms with Crippen LogP contribution in [-0.2, 0) is 4.79 Å². The highest BCUT2D eigenvalue weighted by atomic mass is 16.1. The summed E-state index contributed by atoms with van der Waals surface area (Å²) in [5.41, 5.74) is 4.12. The molecule has 3 heterocycles. The fraction of sp³-hybridized carbons (Fsp3) is 0.500. The molecule has 2 aromatic rings. The Bertz CT molecular complexity index is 1040. The zero-order valence-corrected chi connectivity index (χ0v) is 19.7. The van der Waals surface area contributed by atoms with Crippen LogP contribution in [0.5, 0.6) is 0 Å². The smallest absolute Gasteiger partial charge is 0.252 e. The Kier molecular flexibility index (Phi) is 7.66. The van der Waals surface area contributed by atoms with Crippen LogP contribution in [0.25, 0.3) is 11.0 Å². The van der Waals surface area contributed by atoms with Gasteiger partial charge < -0.3 is 15.5 Å². The van der Waals surface area contributed by atoms with E-state index < -0.39 is 0 Å². The number of aromatic nitrogens is 3. The van der Waals surface area contributed by atoms with Crippen LogP contribution in [-0.4, -0.2) is 46.7 Å². The molecule has 0 saturated carbocycles. The summed E-state index contributed by atoms with van der Waals surface area (Å²) in [4.78, 5) is 31.0. The first kappa shape index (κ1) is 23.5. The maximum atomic E-state index is 13.2. The van der Waals surface area contributed by atoms with Crippen LogP contribution in [0.15, 0.2) is 35.2 Å². The van der Waals surface area contributed by atoms with E-state index in [1.807, 2.05) is 37.6 Å². The number of piperidine rings is 1. The molecule has 8 heteroatoms. The van der Waals surface area contributed by atoms with Crippen LogP contribution < -0.4 is 15.5 Å². The fourth-order valence-corrected chi connectivity index (χ4v) is 3.89. The molecule has 1 aliphatic heterocycles. The molecule has 2 N–H and O–H groups in total. The first-order valence-electron chi connectivity index (χ1n) is 11.3. The lowest BCUT2D eigenvalue weighted by atomic mass is 10.1. The molecule has 1 saturated heterocycles. The summed E-state index contributed by atoms with van der Waals surface area (Å²) in [6, 6.07) is 2.05. The van der Waals surface area contributed by atoms with Crippen LogP contribution in [0.4, 0.5) is 5.82 Å². The van der Waals surface area contributed by atoms with Gasteiger partial charge >= 0.3 is 0 Å². The van der Waals surface area contributed by atoms with E-state index in [2.05, 4.69) is 34.5 Å². The summed E-state index contributed by atoms with van der Waals surface area (Å²) >= 11 is 0. The maximum absolute atomic E-state index is 13.2. The van der Waals surface area contributed by atoms with Crippen LogP contribution in [0.1, 0.15) is 70.3 Å². The summed E-state index contributed by atoms with van der Waals surface area (Å²) < 4.78 is 1.88. The number of carbonyl (C=O) groups is 2. The fourth-order valence-electron chi connectivity index (χ4n) is 3.89. The molecular weight excluding hydrogens is 404 g/mol. The van der Waals surface area contributed by atoms with E-state index in [0.717, 1.165) is 59.6 Å². The largest absolute Gasteiger partial charge is 0.357 e. The number of allylic oxidation sites excluding steroid dienone is 3. The molecule has 2 aromatic heterocycles. The zero-order valence-electron chi connectivity index (χ0n) is 19.7. The zero-order chi connectivity index (χ0) is 23.3. The van der Waals surface area contributed by atoms with Gasteiger partial charge in [0.1, 0.15) is 5.82 Å². The third-order valence-corrected chi connectivity index (χ3v) is 5.87. The molecule has 0 spiro atoms. The molecular formula is C24H34N6O2. The third-order valence-electron chi connectivity index (χ3n) is 5.87. The lowest BCUT2D eigenvalue weighted by Gasteiger charge is -2.28. The van der Waals surface area contributed by atoms with E-state index in [9.17, 15) is 9.59 Å². The van der Waals surface area contributed by atoms with Gasteiger partial charge in [0.25, 0.3) is 5.91 Å². The first-order chi connectivity index (χ1) is 15.3.